The summed E-state index contributed by atoms with van der Waals surface area (Å²) < 4.78 is 25.8. The molecule has 308 valence electrons. The average Bonchev–Trinajstić information content (AvgIpc) is 3.88. The number of carbonyl (C=O) groups excluding carboxylic acids is 1. The molecule has 4 N–H and O–H groups in total. The highest BCUT2D eigenvalue weighted by atomic mass is 16.5. The molecule has 0 atom stereocenters. The number of nitrogens with zero attached hydrogens (tertiary/aromatic N) is 4. The molecule has 59 heavy (non-hydrogen) atoms. The van der Waals surface area contributed by atoms with Gasteiger partial charge < -0.3 is 35.1 Å². The van der Waals surface area contributed by atoms with Gasteiger partial charge in [-0.3, -0.25) is 14.2 Å². The molecule has 0 aliphatic heterocycles. The lowest BCUT2D eigenvalue weighted by Crippen LogP contribution is -2.23. The highest BCUT2D eigenvalue weighted by Gasteiger charge is 2.08. The van der Waals surface area contributed by atoms with Gasteiger partial charge >= 0.3 is 5.97 Å². The normalized spacial score (nSPS) is 10.6. The maximum absolute atomic E-state index is 12.0. The molecule has 0 saturated heterocycles. The number of aliphatic carboxylic acids is 1. The minimum atomic E-state index is -0.953. The summed E-state index contributed by atoms with van der Waals surface area (Å²) in [6.07, 6.45) is 10.7. The SMILES string of the molecule is COc1ccc(CCN)cc1OCc1ccccc1.COc1ccc(CCNC(=O)/C=C/c2ccnn2C)cc1OCc1ccccc1.Cn1nccc1/C=C/C(=O)O. The standard InChI is InChI=1S/C23H25N3O3.C16H19NO2.C7H8N2O2/c1-26-20(13-15-25-26)9-11-23(27)24-14-12-18-8-10-21(28-2)22(16-18)29-17-19-6-4-3-5-7-19;1-18-15-8-7-13(9-10-17)11-16(15)19-12-14-5-3-2-4-6-14;1-9-6(4-5-8-9)2-3-7(10)11/h3-11,13,15-16H,12,14,17H2,1-2H3,(H,24,27);2-8,11H,9-10,12,17H2,1H3;2-5H,1H3,(H,10,11)/b11-9+;;3-2+. The van der Waals surface area contributed by atoms with E-state index in [1.54, 1.807) is 55.2 Å². The number of hydrogen-bond acceptors (Lipinski definition) is 9. The number of rotatable bonds is 17. The summed E-state index contributed by atoms with van der Waals surface area (Å²) in [7, 11) is 6.85. The van der Waals surface area contributed by atoms with E-state index in [1.165, 1.54) is 12.2 Å². The summed E-state index contributed by atoms with van der Waals surface area (Å²) in [4.78, 5) is 22.1. The van der Waals surface area contributed by atoms with Gasteiger partial charge in [-0.2, -0.15) is 10.2 Å². The van der Waals surface area contributed by atoms with Gasteiger partial charge in [-0.1, -0.05) is 72.8 Å². The summed E-state index contributed by atoms with van der Waals surface area (Å²) in [6, 6.07) is 35.4. The van der Waals surface area contributed by atoms with Crippen molar-refractivity contribution in [2.75, 3.05) is 27.3 Å². The fourth-order valence-electron chi connectivity index (χ4n) is 5.42. The Kier molecular flexibility index (Phi) is 18.5. The fourth-order valence-corrected chi connectivity index (χ4v) is 5.42. The second-order valence-electron chi connectivity index (χ2n) is 12.9. The smallest absolute Gasteiger partial charge is 0.328 e. The number of hydrogen-bond donors (Lipinski definition) is 3. The van der Waals surface area contributed by atoms with Crippen LogP contribution in [0, 0.1) is 0 Å². The van der Waals surface area contributed by atoms with Crippen molar-refractivity contribution in [3.8, 4) is 23.0 Å². The van der Waals surface area contributed by atoms with Gasteiger partial charge in [0.15, 0.2) is 23.0 Å². The van der Waals surface area contributed by atoms with Crippen LogP contribution < -0.4 is 30.0 Å². The zero-order valence-electron chi connectivity index (χ0n) is 33.9. The number of carbonyl (C=O) groups is 2. The van der Waals surface area contributed by atoms with Crippen molar-refractivity contribution in [2.24, 2.45) is 19.8 Å². The van der Waals surface area contributed by atoms with Gasteiger partial charge in [0.1, 0.15) is 13.2 Å². The van der Waals surface area contributed by atoms with E-state index < -0.39 is 5.97 Å². The van der Waals surface area contributed by atoms with Gasteiger partial charge in [0.25, 0.3) is 0 Å². The first-order chi connectivity index (χ1) is 28.7. The van der Waals surface area contributed by atoms with Gasteiger partial charge in [-0.05, 0) is 90.2 Å². The molecular formula is C46H52N6O7. The van der Waals surface area contributed by atoms with Crippen LogP contribution in [-0.2, 0) is 49.7 Å². The minimum Gasteiger partial charge on any atom is -0.493 e. The minimum absolute atomic E-state index is 0.139. The topological polar surface area (TPSA) is 165 Å². The lowest BCUT2D eigenvalue weighted by molar-refractivity contribution is -0.131. The van der Waals surface area contributed by atoms with Crippen molar-refractivity contribution < 1.29 is 33.6 Å². The molecular weight excluding hydrogens is 749 g/mol. The van der Waals surface area contributed by atoms with Crippen molar-refractivity contribution in [3.05, 3.63) is 167 Å². The number of nitrogens with two attached hydrogens (primary N) is 1. The maximum Gasteiger partial charge on any atom is 0.328 e. The molecule has 0 fully saturated rings. The summed E-state index contributed by atoms with van der Waals surface area (Å²) in [5, 5.41) is 19.1. The third-order valence-corrected chi connectivity index (χ3v) is 8.60. The lowest BCUT2D eigenvalue weighted by Gasteiger charge is -2.12. The first-order valence-corrected chi connectivity index (χ1v) is 18.9. The molecule has 6 rings (SSSR count). The van der Waals surface area contributed by atoms with Crippen LogP contribution in [0.2, 0.25) is 0 Å². The van der Waals surface area contributed by atoms with Gasteiger partial charge in [0.2, 0.25) is 5.91 Å². The molecule has 13 nitrogen and oxygen atoms in total. The maximum atomic E-state index is 12.0. The Morgan fingerprint density at radius 3 is 1.54 bits per heavy atom. The van der Waals surface area contributed by atoms with Crippen LogP contribution in [-0.4, -0.2) is 63.9 Å². The van der Waals surface area contributed by atoms with Crippen LogP contribution in [0.15, 0.2) is 134 Å². The van der Waals surface area contributed by atoms with Gasteiger partial charge in [0, 0.05) is 45.2 Å². The molecule has 0 aliphatic rings. The summed E-state index contributed by atoms with van der Waals surface area (Å²) >= 11 is 0. The van der Waals surface area contributed by atoms with Crippen molar-refractivity contribution in [1.29, 1.82) is 0 Å². The Balaban J connectivity index is 0.000000219. The van der Waals surface area contributed by atoms with Crippen molar-refractivity contribution >= 4 is 24.0 Å². The summed E-state index contributed by atoms with van der Waals surface area (Å²) in [5.74, 6) is 1.80. The second-order valence-corrected chi connectivity index (χ2v) is 12.9. The predicted octanol–water partition coefficient (Wildman–Crippen LogP) is 6.67. The molecule has 2 aromatic heterocycles. The molecule has 1 amide bonds. The number of ether oxygens (including phenoxy) is 4. The average molecular weight is 801 g/mol. The number of carboxylic acids is 1. The van der Waals surface area contributed by atoms with E-state index >= 15 is 0 Å². The number of aryl methyl sites for hydroxylation is 2. The Hall–Kier alpha value is -7.12. The molecule has 6 aromatic rings. The van der Waals surface area contributed by atoms with E-state index in [4.69, 9.17) is 29.8 Å². The Morgan fingerprint density at radius 1 is 0.644 bits per heavy atom. The van der Waals surface area contributed by atoms with Crippen LogP contribution in [0.4, 0.5) is 0 Å². The molecule has 0 aliphatic carbocycles. The van der Waals surface area contributed by atoms with Crippen LogP contribution in [0.1, 0.15) is 33.6 Å². The highest BCUT2D eigenvalue weighted by molar-refractivity contribution is 5.91. The third-order valence-electron chi connectivity index (χ3n) is 8.60. The van der Waals surface area contributed by atoms with E-state index in [0.29, 0.717) is 44.2 Å². The molecule has 0 bridgehead atoms. The van der Waals surface area contributed by atoms with Gasteiger partial charge in [-0.15, -0.1) is 0 Å². The van der Waals surface area contributed by atoms with Crippen molar-refractivity contribution in [3.63, 3.8) is 0 Å². The van der Waals surface area contributed by atoms with E-state index in [9.17, 15) is 9.59 Å². The predicted molar refractivity (Wildman–Crippen MR) is 229 cm³/mol. The largest absolute Gasteiger partial charge is 0.493 e. The summed E-state index contributed by atoms with van der Waals surface area (Å²) in [6.45, 7) is 2.16. The molecule has 2 heterocycles. The molecule has 0 radical (unpaired) electrons. The Bertz CT molecular complexity index is 2230. The Morgan fingerprint density at radius 2 is 1.12 bits per heavy atom. The number of aromatic nitrogens is 4. The lowest BCUT2D eigenvalue weighted by atomic mass is 10.1. The molecule has 4 aromatic carbocycles. The van der Waals surface area contributed by atoms with Crippen LogP contribution in [0.5, 0.6) is 23.0 Å². The first kappa shape index (κ1) is 44.6. The number of nitrogens with one attached hydrogen (secondary N) is 1. The summed E-state index contributed by atoms with van der Waals surface area (Å²) in [5.41, 5.74) is 11.7. The van der Waals surface area contributed by atoms with Crippen molar-refractivity contribution in [1.82, 2.24) is 24.9 Å². The number of amides is 1. The van der Waals surface area contributed by atoms with E-state index in [-0.39, 0.29) is 5.91 Å². The highest BCUT2D eigenvalue weighted by Crippen LogP contribution is 2.30. The molecule has 0 unspecified atom stereocenters. The molecule has 0 spiro atoms. The van der Waals surface area contributed by atoms with Crippen LogP contribution in [0.25, 0.3) is 12.2 Å². The Labute approximate surface area is 345 Å². The molecule has 13 heteroatoms. The number of benzene rings is 4. The van der Waals surface area contributed by atoms with Gasteiger partial charge in [-0.25, -0.2) is 4.79 Å². The van der Waals surface area contributed by atoms with E-state index in [1.807, 2.05) is 110 Å². The number of methoxy groups -OCH3 is 2. The third kappa shape index (κ3) is 15.7. The number of carboxylic acid groups (broad SMARTS) is 1. The first-order valence-electron chi connectivity index (χ1n) is 18.9. The van der Waals surface area contributed by atoms with Crippen molar-refractivity contribution in [2.45, 2.75) is 26.1 Å². The van der Waals surface area contributed by atoms with E-state index in [2.05, 4.69) is 15.5 Å². The monoisotopic (exact) mass is 800 g/mol. The zero-order chi connectivity index (χ0) is 42.2. The zero-order valence-corrected chi connectivity index (χ0v) is 33.9. The van der Waals surface area contributed by atoms with Crippen LogP contribution in [0.3, 0.4) is 0 Å². The van der Waals surface area contributed by atoms with Crippen LogP contribution >= 0.6 is 0 Å². The second kappa shape index (κ2) is 24.5. The fraction of sp³-hybridized carbons (Fsp3) is 0.217. The molecule has 0 saturated carbocycles. The quantitative estimate of drug-likeness (QED) is 0.0849. The van der Waals surface area contributed by atoms with E-state index in [0.717, 1.165) is 57.6 Å². The van der Waals surface area contributed by atoms with Gasteiger partial charge in [0.05, 0.1) is 25.6 Å².